The molecule has 0 aromatic heterocycles. The van der Waals surface area contributed by atoms with Gasteiger partial charge in [0.2, 0.25) is 0 Å². The molecule has 0 aliphatic carbocycles. The number of carbonyl (C=O) groups excluding carboxylic acids is 2. The first kappa shape index (κ1) is 23.1. The molecule has 2 aromatic rings. The van der Waals surface area contributed by atoms with E-state index in [1.165, 1.54) is 0 Å². The highest BCUT2D eigenvalue weighted by Gasteiger charge is 2.29. The smallest absolute Gasteiger partial charge is 0.260 e. The summed E-state index contributed by atoms with van der Waals surface area (Å²) in [6.45, 7) is 7.32. The van der Waals surface area contributed by atoms with Gasteiger partial charge in [0.25, 0.3) is 11.8 Å². The summed E-state index contributed by atoms with van der Waals surface area (Å²) in [5.74, 6) is 0.399. The highest BCUT2D eigenvalue weighted by atomic mass is 16.5. The molecule has 2 saturated heterocycles. The van der Waals surface area contributed by atoms with E-state index < -0.39 is 0 Å². The minimum atomic E-state index is -0.187. The Morgan fingerprint density at radius 2 is 1.73 bits per heavy atom. The summed E-state index contributed by atoms with van der Waals surface area (Å²) in [5, 5.41) is 2.96. The molecule has 0 radical (unpaired) electrons. The lowest BCUT2D eigenvalue weighted by Gasteiger charge is -2.38. The van der Waals surface area contributed by atoms with E-state index in [1.807, 2.05) is 29.2 Å². The van der Waals surface area contributed by atoms with E-state index in [4.69, 9.17) is 9.47 Å². The first-order valence-electron chi connectivity index (χ1n) is 11.8. The number of benzene rings is 2. The van der Waals surface area contributed by atoms with Gasteiger partial charge in [-0.2, -0.15) is 0 Å². The number of carbonyl (C=O) groups is 2. The predicted molar refractivity (Wildman–Crippen MR) is 129 cm³/mol. The highest BCUT2D eigenvalue weighted by molar-refractivity contribution is 6.04. The molecule has 2 unspecified atom stereocenters. The lowest BCUT2D eigenvalue weighted by Crippen LogP contribution is -2.49. The largest absolute Gasteiger partial charge is 0.484 e. The molecule has 33 heavy (non-hydrogen) atoms. The van der Waals surface area contributed by atoms with Gasteiger partial charge in [-0.1, -0.05) is 6.07 Å². The number of hydrogen-bond donors (Lipinski definition) is 1. The SMILES string of the molecule is CC1CCCC(C)N1C(=O)COc1ccc(C(=O)Nc2cccc(N3CCOCC3)c2)cc1. The number of likely N-dealkylation sites (tertiary alicyclic amines) is 1. The molecule has 0 bridgehead atoms. The maximum atomic E-state index is 12.7. The summed E-state index contributed by atoms with van der Waals surface area (Å²) < 4.78 is 11.1. The molecule has 7 heteroatoms. The normalized spacial score (nSPS) is 20.9. The molecular weight excluding hydrogens is 418 g/mol. The summed E-state index contributed by atoms with van der Waals surface area (Å²) >= 11 is 0. The Morgan fingerprint density at radius 3 is 2.42 bits per heavy atom. The zero-order chi connectivity index (χ0) is 23.2. The average molecular weight is 452 g/mol. The second kappa shape index (κ2) is 10.7. The molecule has 2 fully saturated rings. The lowest BCUT2D eigenvalue weighted by atomic mass is 9.97. The molecule has 2 aromatic carbocycles. The Morgan fingerprint density at radius 1 is 1.03 bits per heavy atom. The van der Waals surface area contributed by atoms with Crippen LogP contribution < -0.4 is 15.0 Å². The van der Waals surface area contributed by atoms with E-state index in [2.05, 4.69) is 24.1 Å². The monoisotopic (exact) mass is 451 g/mol. The van der Waals surface area contributed by atoms with Crippen LogP contribution in [0.15, 0.2) is 48.5 Å². The van der Waals surface area contributed by atoms with Crippen molar-refractivity contribution in [2.45, 2.75) is 45.2 Å². The lowest BCUT2D eigenvalue weighted by molar-refractivity contribution is -0.139. The van der Waals surface area contributed by atoms with Crippen molar-refractivity contribution in [3.63, 3.8) is 0 Å². The number of morpholine rings is 1. The van der Waals surface area contributed by atoms with Gasteiger partial charge in [-0.15, -0.1) is 0 Å². The zero-order valence-corrected chi connectivity index (χ0v) is 19.5. The topological polar surface area (TPSA) is 71.1 Å². The maximum Gasteiger partial charge on any atom is 0.260 e. The second-order valence-electron chi connectivity index (χ2n) is 8.85. The van der Waals surface area contributed by atoms with Crippen LogP contribution in [0.1, 0.15) is 43.5 Å². The third-order valence-electron chi connectivity index (χ3n) is 6.44. The van der Waals surface area contributed by atoms with Gasteiger partial charge in [-0.25, -0.2) is 0 Å². The molecule has 0 spiro atoms. The van der Waals surface area contributed by atoms with Crippen molar-refractivity contribution in [3.05, 3.63) is 54.1 Å². The standard InChI is InChI=1S/C26H33N3O4/c1-19-5-3-6-20(2)29(19)25(30)18-33-24-11-9-21(10-12-24)26(31)27-22-7-4-8-23(17-22)28-13-15-32-16-14-28/h4,7-12,17,19-20H,3,5-6,13-16,18H2,1-2H3,(H,27,31). The average Bonchev–Trinajstić information content (AvgIpc) is 2.83. The van der Waals surface area contributed by atoms with E-state index >= 15 is 0 Å². The van der Waals surface area contributed by atoms with Crippen LogP contribution >= 0.6 is 0 Å². The van der Waals surface area contributed by atoms with Gasteiger partial charge < -0.3 is 24.6 Å². The molecule has 2 aliphatic rings. The minimum Gasteiger partial charge on any atom is -0.484 e. The molecule has 7 nitrogen and oxygen atoms in total. The van der Waals surface area contributed by atoms with E-state index in [9.17, 15) is 9.59 Å². The molecule has 2 aliphatic heterocycles. The van der Waals surface area contributed by atoms with Crippen molar-refractivity contribution in [3.8, 4) is 5.75 Å². The van der Waals surface area contributed by atoms with Gasteiger partial charge in [0, 0.05) is 42.1 Å². The molecule has 176 valence electrons. The predicted octanol–water partition coefficient (Wildman–Crippen LogP) is 3.94. The Kier molecular flexibility index (Phi) is 7.50. The van der Waals surface area contributed by atoms with Crippen molar-refractivity contribution in [2.24, 2.45) is 0 Å². The number of piperidine rings is 1. The number of rotatable bonds is 6. The molecular formula is C26H33N3O4. The van der Waals surface area contributed by atoms with E-state index in [-0.39, 0.29) is 30.5 Å². The van der Waals surface area contributed by atoms with E-state index in [0.29, 0.717) is 24.5 Å². The molecule has 1 N–H and O–H groups in total. The number of hydrogen-bond acceptors (Lipinski definition) is 5. The number of nitrogens with zero attached hydrogens (tertiary/aromatic N) is 2. The van der Waals surface area contributed by atoms with Crippen LogP contribution in [0.2, 0.25) is 0 Å². The molecule has 2 atom stereocenters. The van der Waals surface area contributed by atoms with Crippen LogP contribution in [0.25, 0.3) is 0 Å². The van der Waals surface area contributed by atoms with Crippen molar-refractivity contribution >= 4 is 23.2 Å². The van der Waals surface area contributed by atoms with Crippen LogP contribution in [0.5, 0.6) is 5.75 Å². The fraction of sp³-hybridized carbons (Fsp3) is 0.462. The quantitative estimate of drug-likeness (QED) is 0.720. The summed E-state index contributed by atoms with van der Waals surface area (Å²) in [5.41, 5.74) is 2.35. The second-order valence-corrected chi connectivity index (χ2v) is 8.85. The number of anilines is 2. The summed E-state index contributed by atoms with van der Waals surface area (Å²) in [4.78, 5) is 29.5. The number of ether oxygens (including phenoxy) is 2. The minimum absolute atomic E-state index is 0.00849. The Hall–Kier alpha value is -3.06. The molecule has 4 rings (SSSR count). The summed E-state index contributed by atoms with van der Waals surface area (Å²) in [6.07, 6.45) is 3.23. The van der Waals surface area contributed by atoms with Crippen LogP contribution in [-0.4, -0.2) is 61.7 Å². The van der Waals surface area contributed by atoms with Gasteiger partial charge >= 0.3 is 0 Å². The van der Waals surface area contributed by atoms with Crippen LogP contribution in [0.4, 0.5) is 11.4 Å². The van der Waals surface area contributed by atoms with Gasteiger partial charge in [-0.3, -0.25) is 9.59 Å². The Labute approximate surface area is 195 Å². The van der Waals surface area contributed by atoms with Crippen LogP contribution in [-0.2, 0) is 9.53 Å². The van der Waals surface area contributed by atoms with Crippen molar-refractivity contribution in [2.75, 3.05) is 43.1 Å². The van der Waals surface area contributed by atoms with Gasteiger partial charge in [0.1, 0.15) is 5.75 Å². The number of amides is 2. The summed E-state index contributed by atoms with van der Waals surface area (Å²) in [6, 6.07) is 15.2. The fourth-order valence-corrected chi connectivity index (χ4v) is 4.64. The van der Waals surface area contributed by atoms with E-state index in [1.54, 1.807) is 24.3 Å². The third-order valence-corrected chi connectivity index (χ3v) is 6.44. The zero-order valence-electron chi connectivity index (χ0n) is 19.5. The molecule has 0 saturated carbocycles. The first-order valence-corrected chi connectivity index (χ1v) is 11.8. The summed E-state index contributed by atoms with van der Waals surface area (Å²) in [7, 11) is 0. The Balaban J connectivity index is 1.31. The van der Waals surface area contributed by atoms with Gasteiger partial charge in [-0.05, 0) is 75.6 Å². The molecule has 2 heterocycles. The third kappa shape index (κ3) is 5.85. The molecule has 2 amide bonds. The van der Waals surface area contributed by atoms with Crippen LogP contribution in [0.3, 0.4) is 0 Å². The van der Waals surface area contributed by atoms with Crippen molar-refractivity contribution < 1.29 is 19.1 Å². The van der Waals surface area contributed by atoms with Gasteiger partial charge in [0.15, 0.2) is 6.61 Å². The Bertz CT molecular complexity index is 946. The van der Waals surface area contributed by atoms with Gasteiger partial charge in [0.05, 0.1) is 13.2 Å². The van der Waals surface area contributed by atoms with E-state index in [0.717, 1.165) is 43.7 Å². The maximum absolute atomic E-state index is 12.7. The van der Waals surface area contributed by atoms with Crippen LogP contribution in [0, 0.1) is 0 Å². The van der Waals surface area contributed by atoms with Crippen molar-refractivity contribution in [1.82, 2.24) is 4.90 Å². The highest BCUT2D eigenvalue weighted by Crippen LogP contribution is 2.24. The first-order chi connectivity index (χ1) is 16.0. The number of nitrogens with one attached hydrogen (secondary N) is 1. The fourth-order valence-electron chi connectivity index (χ4n) is 4.64. The van der Waals surface area contributed by atoms with Crippen molar-refractivity contribution in [1.29, 1.82) is 0 Å².